The van der Waals surface area contributed by atoms with Crippen molar-refractivity contribution in [2.24, 2.45) is 0 Å². The van der Waals surface area contributed by atoms with Crippen LogP contribution >= 0.6 is 27.7 Å². The number of halogens is 1. The van der Waals surface area contributed by atoms with E-state index in [9.17, 15) is 8.42 Å². The molecule has 1 unspecified atom stereocenters. The highest BCUT2D eigenvalue weighted by Gasteiger charge is 2.18. The summed E-state index contributed by atoms with van der Waals surface area (Å²) >= 11 is 4.88. The molecule has 1 aromatic heterocycles. The molecule has 5 nitrogen and oxygen atoms in total. The van der Waals surface area contributed by atoms with E-state index in [0.717, 1.165) is 6.42 Å². The third-order valence-corrected chi connectivity index (χ3v) is 5.35. The molecule has 1 heterocycles. The van der Waals surface area contributed by atoms with Crippen molar-refractivity contribution in [1.82, 2.24) is 9.71 Å². The fourth-order valence-electron chi connectivity index (χ4n) is 1.24. The van der Waals surface area contributed by atoms with Crippen molar-refractivity contribution >= 4 is 43.5 Å². The third kappa shape index (κ3) is 4.42. The van der Waals surface area contributed by atoms with E-state index in [0.29, 0.717) is 16.3 Å². The lowest BCUT2D eigenvalue weighted by Gasteiger charge is -2.11. The molecule has 3 N–H and O–H groups in total. The molecular formula is C10H16BrN3O2S2. The zero-order valence-corrected chi connectivity index (χ0v) is 13.4. The Morgan fingerprint density at radius 1 is 1.61 bits per heavy atom. The molecule has 0 aliphatic rings. The van der Waals surface area contributed by atoms with Gasteiger partial charge < -0.3 is 5.73 Å². The summed E-state index contributed by atoms with van der Waals surface area (Å²) in [5.74, 6) is 0.00335. The maximum Gasteiger partial charge on any atom is 0.244 e. The quantitative estimate of drug-likeness (QED) is 0.814. The van der Waals surface area contributed by atoms with Gasteiger partial charge in [0.1, 0.15) is 10.7 Å². The highest BCUT2D eigenvalue weighted by atomic mass is 79.9. The summed E-state index contributed by atoms with van der Waals surface area (Å²) in [5.41, 5.74) is 5.58. The van der Waals surface area contributed by atoms with E-state index < -0.39 is 10.0 Å². The second kappa shape index (κ2) is 6.74. The summed E-state index contributed by atoms with van der Waals surface area (Å²) in [6.07, 6.45) is 4.22. The zero-order chi connectivity index (χ0) is 13.8. The van der Waals surface area contributed by atoms with Crippen molar-refractivity contribution < 1.29 is 8.42 Å². The second-order valence-electron chi connectivity index (χ2n) is 3.77. The van der Waals surface area contributed by atoms with Crippen molar-refractivity contribution in [2.45, 2.75) is 23.5 Å². The van der Waals surface area contributed by atoms with E-state index in [1.165, 1.54) is 12.3 Å². The molecular weight excluding hydrogens is 338 g/mol. The van der Waals surface area contributed by atoms with Gasteiger partial charge in [-0.25, -0.2) is 18.1 Å². The van der Waals surface area contributed by atoms with Gasteiger partial charge in [-0.3, -0.25) is 0 Å². The first-order valence-electron chi connectivity index (χ1n) is 5.30. The Bertz CT molecular complexity index is 508. The summed E-state index contributed by atoms with van der Waals surface area (Å²) in [6, 6.07) is 1.45. The topological polar surface area (TPSA) is 85.1 Å². The van der Waals surface area contributed by atoms with E-state index in [1.807, 2.05) is 13.2 Å². The minimum atomic E-state index is -3.59. The van der Waals surface area contributed by atoms with Crippen molar-refractivity contribution in [3.05, 3.63) is 16.7 Å². The van der Waals surface area contributed by atoms with E-state index in [4.69, 9.17) is 5.73 Å². The first-order valence-corrected chi connectivity index (χ1v) is 8.86. The SMILES string of the molecule is CSC(C)CCNS(=O)(=O)c1cc(Br)cnc1N. The van der Waals surface area contributed by atoms with Crippen molar-refractivity contribution in [3.8, 4) is 0 Å². The number of nitrogens with zero attached hydrogens (tertiary/aromatic N) is 1. The van der Waals surface area contributed by atoms with Gasteiger partial charge in [0.05, 0.1) is 0 Å². The number of nitrogen functional groups attached to an aromatic ring is 1. The van der Waals surface area contributed by atoms with Crippen LogP contribution in [0.3, 0.4) is 0 Å². The van der Waals surface area contributed by atoms with Crippen LogP contribution in [0.5, 0.6) is 0 Å². The Morgan fingerprint density at radius 3 is 2.89 bits per heavy atom. The van der Waals surface area contributed by atoms with Crippen LogP contribution in [0.1, 0.15) is 13.3 Å². The Balaban J connectivity index is 2.77. The number of nitrogens with two attached hydrogens (primary N) is 1. The maximum atomic E-state index is 12.0. The number of hydrogen-bond donors (Lipinski definition) is 2. The van der Waals surface area contributed by atoms with Crippen LogP contribution in [-0.2, 0) is 10.0 Å². The standard InChI is InChI=1S/C10H16BrN3O2S2/c1-7(17-2)3-4-14-18(15,16)9-5-8(11)6-13-10(9)12/h5-7,14H,3-4H2,1-2H3,(H2,12,13). The summed E-state index contributed by atoms with van der Waals surface area (Å²) < 4.78 is 27.1. The Labute approximate surface area is 120 Å². The summed E-state index contributed by atoms with van der Waals surface area (Å²) in [7, 11) is -3.59. The van der Waals surface area contributed by atoms with Gasteiger partial charge in [-0.1, -0.05) is 6.92 Å². The van der Waals surface area contributed by atoms with E-state index in [2.05, 4.69) is 25.6 Å². The van der Waals surface area contributed by atoms with Crippen LogP contribution in [0.15, 0.2) is 21.6 Å². The summed E-state index contributed by atoms with van der Waals surface area (Å²) in [6.45, 7) is 2.43. The molecule has 0 saturated carbocycles. The molecule has 0 amide bonds. The van der Waals surface area contributed by atoms with Crippen LogP contribution in [0.4, 0.5) is 5.82 Å². The molecule has 1 atom stereocenters. The molecule has 102 valence electrons. The lowest BCUT2D eigenvalue weighted by atomic mass is 10.3. The highest BCUT2D eigenvalue weighted by molar-refractivity contribution is 9.10. The lowest BCUT2D eigenvalue weighted by molar-refractivity contribution is 0.579. The average molecular weight is 354 g/mol. The van der Waals surface area contributed by atoms with Gasteiger partial charge >= 0.3 is 0 Å². The molecule has 0 spiro atoms. The van der Waals surface area contributed by atoms with Crippen LogP contribution in [0.2, 0.25) is 0 Å². The Morgan fingerprint density at radius 2 is 2.28 bits per heavy atom. The molecule has 0 fully saturated rings. The second-order valence-corrected chi connectivity index (χ2v) is 7.70. The van der Waals surface area contributed by atoms with Gasteiger partial charge in [0.2, 0.25) is 10.0 Å². The van der Waals surface area contributed by atoms with Crippen LogP contribution < -0.4 is 10.5 Å². The average Bonchev–Trinajstić information content (AvgIpc) is 2.31. The first kappa shape index (κ1) is 15.7. The fourth-order valence-corrected chi connectivity index (χ4v) is 3.23. The van der Waals surface area contributed by atoms with Gasteiger partial charge in [0.15, 0.2) is 0 Å². The van der Waals surface area contributed by atoms with E-state index in [-0.39, 0.29) is 10.7 Å². The van der Waals surface area contributed by atoms with Crippen LogP contribution in [-0.4, -0.2) is 31.5 Å². The number of sulfonamides is 1. The minimum Gasteiger partial charge on any atom is -0.383 e. The molecule has 0 bridgehead atoms. The highest BCUT2D eigenvalue weighted by Crippen LogP contribution is 2.20. The Kier molecular flexibility index (Phi) is 5.90. The number of pyridine rings is 1. The zero-order valence-electron chi connectivity index (χ0n) is 10.2. The molecule has 18 heavy (non-hydrogen) atoms. The van der Waals surface area contributed by atoms with Gasteiger partial charge in [-0.2, -0.15) is 11.8 Å². The van der Waals surface area contributed by atoms with E-state index in [1.54, 1.807) is 11.8 Å². The van der Waals surface area contributed by atoms with Crippen molar-refractivity contribution in [2.75, 3.05) is 18.5 Å². The molecule has 0 aromatic carbocycles. The van der Waals surface area contributed by atoms with Gasteiger partial charge in [0, 0.05) is 22.5 Å². The van der Waals surface area contributed by atoms with Crippen molar-refractivity contribution in [1.29, 1.82) is 0 Å². The van der Waals surface area contributed by atoms with Crippen LogP contribution in [0, 0.1) is 0 Å². The third-order valence-electron chi connectivity index (χ3n) is 2.38. The number of aromatic nitrogens is 1. The normalized spacial score (nSPS) is 13.5. The molecule has 0 aliphatic heterocycles. The minimum absolute atomic E-state index is 0.00335. The molecule has 8 heteroatoms. The predicted octanol–water partition coefficient (Wildman–Crippen LogP) is 1.85. The molecule has 0 saturated heterocycles. The number of hydrogen-bond acceptors (Lipinski definition) is 5. The molecule has 0 aliphatic carbocycles. The Hall–Kier alpha value is -0.310. The fraction of sp³-hybridized carbons (Fsp3) is 0.500. The van der Waals surface area contributed by atoms with E-state index >= 15 is 0 Å². The lowest BCUT2D eigenvalue weighted by Crippen LogP contribution is -2.27. The predicted molar refractivity (Wildman–Crippen MR) is 79.1 cm³/mol. The largest absolute Gasteiger partial charge is 0.383 e. The smallest absolute Gasteiger partial charge is 0.244 e. The summed E-state index contributed by atoms with van der Waals surface area (Å²) in [4.78, 5) is 3.82. The number of nitrogens with one attached hydrogen (secondary N) is 1. The van der Waals surface area contributed by atoms with Crippen LogP contribution in [0.25, 0.3) is 0 Å². The number of thioether (sulfide) groups is 1. The molecule has 0 radical (unpaired) electrons. The molecule has 1 rings (SSSR count). The van der Waals surface area contributed by atoms with Gasteiger partial charge in [-0.15, -0.1) is 0 Å². The monoisotopic (exact) mass is 353 g/mol. The van der Waals surface area contributed by atoms with Crippen molar-refractivity contribution in [3.63, 3.8) is 0 Å². The molecule has 1 aromatic rings. The number of anilines is 1. The summed E-state index contributed by atoms with van der Waals surface area (Å²) in [5, 5.41) is 0.408. The number of rotatable bonds is 6. The van der Waals surface area contributed by atoms with Gasteiger partial charge in [-0.05, 0) is 34.7 Å². The maximum absolute atomic E-state index is 12.0. The first-order chi connectivity index (χ1) is 8.36. The van der Waals surface area contributed by atoms with Gasteiger partial charge in [0.25, 0.3) is 0 Å².